The van der Waals surface area contributed by atoms with Crippen LogP contribution in [0.5, 0.6) is 5.75 Å². The van der Waals surface area contributed by atoms with Gasteiger partial charge in [-0.25, -0.2) is 0 Å². The number of likely N-dealkylation sites (tertiary alicyclic amines) is 1. The summed E-state index contributed by atoms with van der Waals surface area (Å²) < 4.78 is 18.7. The molecule has 4 aliphatic rings. The normalized spacial score (nSPS) is 31.4. The number of carbonyl (C=O) groups is 2. The highest BCUT2D eigenvalue weighted by Gasteiger charge is 2.57. The van der Waals surface area contributed by atoms with Crippen molar-refractivity contribution in [1.29, 1.82) is 0 Å². The quantitative estimate of drug-likeness (QED) is 0.695. The van der Waals surface area contributed by atoms with Crippen molar-refractivity contribution in [3.63, 3.8) is 0 Å². The van der Waals surface area contributed by atoms with Gasteiger partial charge in [0.05, 0.1) is 18.2 Å². The van der Waals surface area contributed by atoms with Crippen LogP contribution >= 0.6 is 0 Å². The van der Waals surface area contributed by atoms with Gasteiger partial charge in [-0.05, 0) is 57.9 Å². The van der Waals surface area contributed by atoms with Gasteiger partial charge >= 0.3 is 5.97 Å². The third kappa shape index (κ3) is 3.64. The predicted molar refractivity (Wildman–Crippen MR) is 125 cm³/mol. The summed E-state index contributed by atoms with van der Waals surface area (Å²) in [4.78, 5) is 27.3. The first-order chi connectivity index (χ1) is 16.9. The number of aryl methyl sites for hydroxylation is 1. The van der Waals surface area contributed by atoms with Crippen molar-refractivity contribution >= 4 is 11.9 Å². The van der Waals surface area contributed by atoms with Gasteiger partial charge in [0.2, 0.25) is 0 Å². The number of hydrogen-bond acceptors (Lipinski definition) is 6. The molecule has 0 bridgehead atoms. The minimum absolute atomic E-state index is 0.0165. The molecule has 1 N–H and O–H groups in total. The van der Waals surface area contributed by atoms with Crippen molar-refractivity contribution in [1.82, 2.24) is 10.1 Å². The van der Waals surface area contributed by atoms with Crippen LogP contribution in [0.1, 0.15) is 85.3 Å². The zero-order valence-electron chi connectivity index (χ0n) is 20.1. The van der Waals surface area contributed by atoms with Crippen LogP contribution in [0.3, 0.4) is 0 Å². The van der Waals surface area contributed by atoms with E-state index < -0.39 is 17.1 Å². The maximum absolute atomic E-state index is 13.8. The smallest absolute Gasteiger partial charge is 0.303 e. The summed E-state index contributed by atoms with van der Waals surface area (Å²) in [7, 11) is 0. The molecule has 1 aliphatic carbocycles. The SMILES string of the molecule is C[C@@]1(CCC(=O)O)Oc2ccccc2[C@@H]2OC[C@]3(CCCN3C(=O)c3noc4c3CCCC4)C[C@H]21. The van der Waals surface area contributed by atoms with E-state index in [1.165, 1.54) is 0 Å². The van der Waals surface area contributed by atoms with Gasteiger partial charge in [-0.15, -0.1) is 0 Å². The third-order valence-corrected chi connectivity index (χ3v) is 8.68. The van der Waals surface area contributed by atoms with E-state index in [-0.39, 0.29) is 24.3 Å². The Morgan fingerprint density at radius 1 is 1.20 bits per heavy atom. The highest BCUT2D eigenvalue weighted by molar-refractivity contribution is 5.94. The summed E-state index contributed by atoms with van der Waals surface area (Å²) in [5.41, 5.74) is 1.26. The Balaban J connectivity index is 1.33. The van der Waals surface area contributed by atoms with Crippen LogP contribution in [0.2, 0.25) is 0 Å². The number of carbonyl (C=O) groups excluding carboxylic acids is 1. The third-order valence-electron chi connectivity index (χ3n) is 8.68. The molecular formula is C27H32N2O6. The fourth-order valence-electron chi connectivity index (χ4n) is 6.80. The van der Waals surface area contributed by atoms with Crippen LogP contribution < -0.4 is 4.74 Å². The lowest BCUT2D eigenvalue weighted by molar-refractivity contribution is -0.169. The topological polar surface area (TPSA) is 102 Å². The molecule has 0 unspecified atom stereocenters. The lowest BCUT2D eigenvalue weighted by atomic mass is 9.68. The molecule has 0 saturated carbocycles. The monoisotopic (exact) mass is 480 g/mol. The number of aliphatic carboxylic acids is 1. The van der Waals surface area contributed by atoms with E-state index in [9.17, 15) is 14.7 Å². The van der Waals surface area contributed by atoms with Crippen LogP contribution in [-0.2, 0) is 22.4 Å². The van der Waals surface area contributed by atoms with E-state index in [2.05, 4.69) is 5.16 Å². The van der Waals surface area contributed by atoms with E-state index in [0.717, 1.165) is 61.2 Å². The van der Waals surface area contributed by atoms with Crippen molar-refractivity contribution in [2.45, 2.75) is 82.0 Å². The molecule has 2 saturated heterocycles. The van der Waals surface area contributed by atoms with E-state index >= 15 is 0 Å². The second-order valence-corrected chi connectivity index (χ2v) is 10.8. The molecule has 1 aromatic carbocycles. The largest absolute Gasteiger partial charge is 0.487 e. The van der Waals surface area contributed by atoms with E-state index in [1.807, 2.05) is 36.1 Å². The number of aromatic nitrogens is 1. The van der Waals surface area contributed by atoms with Gasteiger partial charge in [0, 0.05) is 36.4 Å². The van der Waals surface area contributed by atoms with Crippen LogP contribution in [0.4, 0.5) is 0 Å². The predicted octanol–water partition coefficient (Wildman–Crippen LogP) is 4.32. The standard InChI is InChI=1S/C27H32N2O6/c1-26(13-11-22(30)31)19-15-27(16-33-24(19)18-8-3-4-9-20(18)34-26)12-6-14-29(27)25(32)23-17-7-2-5-10-21(17)35-28-23/h3-4,8-9,19,24H,2,5-7,10-16H2,1H3,(H,30,31)/t19-,24+,26+,27+/m1/s1. The maximum atomic E-state index is 13.8. The van der Waals surface area contributed by atoms with Crippen LogP contribution in [0.15, 0.2) is 28.8 Å². The number of para-hydroxylation sites is 1. The van der Waals surface area contributed by atoms with Crippen LogP contribution in [0, 0.1) is 5.92 Å². The molecule has 4 atom stereocenters. The molecule has 6 rings (SSSR count). The number of ether oxygens (including phenoxy) is 2. The maximum Gasteiger partial charge on any atom is 0.303 e. The van der Waals surface area contributed by atoms with Gasteiger partial charge in [0.15, 0.2) is 5.69 Å². The molecule has 1 spiro atoms. The molecule has 4 heterocycles. The lowest BCUT2D eigenvalue weighted by Gasteiger charge is -2.54. The van der Waals surface area contributed by atoms with Crippen molar-refractivity contribution in [2.75, 3.05) is 13.2 Å². The molecule has 8 heteroatoms. The first-order valence-corrected chi connectivity index (χ1v) is 12.8. The van der Waals surface area contributed by atoms with Crippen molar-refractivity contribution in [3.8, 4) is 5.75 Å². The molecule has 35 heavy (non-hydrogen) atoms. The second kappa shape index (κ2) is 8.36. The Morgan fingerprint density at radius 2 is 2.03 bits per heavy atom. The number of carboxylic acids is 1. The molecule has 186 valence electrons. The molecule has 8 nitrogen and oxygen atoms in total. The minimum Gasteiger partial charge on any atom is -0.487 e. The first-order valence-electron chi connectivity index (χ1n) is 12.8. The summed E-state index contributed by atoms with van der Waals surface area (Å²) in [5, 5.41) is 13.6. The highest BCUT2D eigenvalue weighted by atomic mass is 16.5. The molecule has 1 amide bonds. The fourth-order valence-corrected chi connectivity index (χ4v) is 6.80. The van der Waals surface area contributed by atoms with Gasteiger partial charge in [-0.3, -0.25) is 9.59 Å². The molecule has 3 aliphatic heterocycles. The Hall–Kier alpha value is -2.87. The first kappa shape index (κ1) is 22.6. The van der Waals surface area contributed by atoms with Crippen molar-refractivity contribution in [2.24, 2.45) is 5.92 Å². The van der Waals surface area contributed by atoms with Gasteiger partial charge in [0.25, 0.3) is 5.91 Å². The second-order valence-electron chi connectivity index (χ2n) is 10.8. The van der Waals surface area contributed by atoms with E-state index in [0.29, 0.717) is 31.7 Å². The summed E-state index contributed by atoms with van der Waals surface area (Å²) in [6.07, 6.45) is 6.43. The number of rotatable bonds is 4. The number of benzene rings is 1. The summed E-state index contributed by atoms with van der Waals surface area (Å²) in [6.45, 7) is 3.11. The minimum atomic E-state index is -0.842. The fraction of sp³-hybridized carbons (Fsp3) is 0.593. The van der Waals surface area contributed by atoms with Gasteiger partial charge in [0.1, 0.15) is 17.1 Å². The van der Waals surface area contributed by atoms with Crippen LogP contribution in [0.25, 0.3) is 0 Å². The molecular weight excluding hydrogens is 448 g/mol. The zero-order chi connectivity index (χ0) is 24.2. The number of amides is 1. The van der Waals surface area contributed by atoms with Crippen molar-refractivity contribution < 1.29 is 28.7 Å². The molecule has 0 radical (unpaired) electrons. The molecule has 2 fully saturated rings. The highest BCUT2D eigenvalue weighted by Crippen LogP contribution is 2.55. The van der Waals surface area contributed by atoms with Gasteiger partial charge in [-0.2, -0.15) is 0 Å². The Labute approximate surface area is 204 Å². The van der Waals surface area contributed by atoms with Gasteiger partial charge in [-0.1, -0.05) is 23.4 Å². The van der Waals surface area contributed by atoms with E-state index in [1.54, 1.807) is 0 Å². The van der Waals surface area contributed by atoms with Crippen LogP contribution in [-0.4, -0.2) is 51.3 Å². The number of carboxylic acid groups (broad SMARTS) is 1. The summed E-state index contributed by atoms with van der Waals surface area (Å²) in [6, 6.07) is 7.86. The van der Waals surface area contributed by atoms with E-state index in [4.69, 9.17) is 14.0 Å². The summed E-state index contributed by atoms with van der Waals surface area (Å²) in [5.74, 6) is 0.619. The van der Waals surface area contributed by atoms with Gasteiger partial charge < -0.3 is 24.0 Å². The average Bonchev–Trinajstić information content (AvgIpc) is 3.47. The number of fused-ring (bicyclic) bond motifs is 4. The molecule has 2 aromatic rings. The average molecular weight is 481 g/mol. The Bertz CT molecular complexity index is 1160. The molecule has 1 aromatic heterocycles. The summed E-state index contributed by atoms with van der Waals surface area (Å²) >= 11 is 0. The Morgan fingerprint density at radius 3 is 2.89 bits per heavy atom. The Kier molecular flexibility index (Phi) is 5.40. The van der Waals surface area contributed by atoms with Crippen molar-refractivity contribution in [3.05, 3.63) is 46.8 Å². The zero-order valence-corrected chi connectivity index (χ0v) is 20.1. The lowest BCUT2D eigenvalue weighted by Crippen LogP contribution is -2.60. The number of hydrogen-bond donors (Lipinski definition) is 1. The number of nitrogens with zero attached hydrogens (tertiary/aromatic N) is 2.